The lowest BCUT2D eigenvalue weighted by Crippen LogP contribution is -2.30. The molecule has 0 fully saturated rings. The second kappa shape index (κ2) is 9.53. The van der Waals surface area contributed by atoms with E-state index >= 15 is 0 Å². The molecule has 12 nitrogen and oxygen atoms in total. The quantitative estimate of drug-likeness (QED) is 0.270. The van der Waals surface area contributed by atoms with Crippen LogP contribution in [0.25, 0.3) is 10.4 Å². The smallest absolute Gasteiger partial charge is 0.243 e. The molecule has 0 aliphatic carbocycles. The summed E-state index contributed by atoms with van der Waals surface area (Å²) in [5, 5.41) is 20.2. The van der Waals surface area contributed by atoms with Gasteiger partial charge in [-0.15, -0.1) is 10.2 Å². The highest BCUT2D eigenvalue weighted by atomic mass is 32.2. The van der Waals surface area contributed by atoms with Crippen LogP contribution in [0.3, 0.4) is 0 Å². The summed E-state index contributed by atoms with van der Waals surface area (Å²) in [6.07, 6.45) is 3.50. The Balaban J connectivity index is 1.95. The third-order valence-corrected chi connectivity index (χ3v) is 6.82. The maximum absolute atomic E-state index is 13.6. The van der Waals surface area contributed by atoms with Gasteiger partial charge in [0.2, 0.25) is 10.0 Å². The average Bonchev–Trinajstić information content (AvgIpc) is 3.41. The van der Waals surface area contributed by atoms with Gasteiger partial charge in [0.1, 0.15) is 0 Å². The van der Waals surface area contributed by atoms with E-state index < -0.39 is 10.0 Å². The molecule has 13 heteroatoms. The van der Waals surface area contributed by atoms with Crippen LogP contribution in [0.4, 0.5) is 0 Å². The second-order valence-electron chi connectivity index (χ2n) is 9.96. The molecule has 0 saturated carbocycles. The van der Waals surface area contributed by atoms with Crippen molar-refractivity contribution in [3.8, 4) is 0 Å². The summed E-state index contributed by atoms with van der Waals surface area (Å²) in [5.41, 5.74) is 9.67. The Morgan fingerprint density at radius 3 is 1.76 bits per heavy atom. The highest BCUT2D eigenvalue weighted by molar-refractivity contribution is 7.89. The molecule has 0 bridgehead atoms. The molecule has 0 radical (unpaired) electrons. The van der Waals surface area contributed by atoms with Crippen molar-refractivity contribution in [2.75, 3.05) is 0 Å². The summed E-state index contributed by atoms with van der Waals surface area (Å²) in [6.45, 7) is 12.1. The van der Waals surface area contributed by atoms with Crippen LogP contribution in [0.5, 0.6) is 0 Å². The molecule has 34 heavy (non-hydrogen) atoms. The largest absolute Gasteiger partial charge is 0.247 e. The standard InChI is InChI=1S/C21H30N10O2S/c1-20(2,3)30-14-17(24-27-30)12-29(13-18-15-31(28-25-18)21(4,5)6)34(32,33)19-9-7-16(8-10-19)11-23-26-22/h7-10,14-15H,11-13H2,1-6H3. The SMILES string of the molecule is CC(C)(C)n1cc(CN(Cc2cn(C(C)(C)C)nn2)S(=O)(=O)c2ccc(CN=[N+]=[N-])cc2)nn1. The predicted octanol–water partition coefficient (Wildman–Crippen LogP) is 3.58. The van der Waals surface area contributed by atoms with Crippen molar-refractivity contribution in [2.24, 2.45) is 5.11 Å². The van der Waals surface area contributed by atoms with Crippen molar-refractivity contribution in [2.45, 2.75) is 77.2 Å². The van der Waals surface area contributed by atoms with Crippen molar-refractivity contribution < 1.29 is 8.42 Å². The van der Waals surface area contributed by atoms with Crippen LogP contribution in [0.15, 0.2) is 46.7 Å². The van der Waals surface area contributed by atoms with Crippen molar-refractivity contribution >= 4 is 10.0 Å². The Labute approximate surface area is 199 Å². The Kier molecular flexibility index (Phi) is 7.10. The first-order valence-electron chi connectivity index (χ1n) is 10.7. The molecular formula is C21H30N10O2S. The molecule has 3 rings (SSSR count). The Morgan fingerprint density at radius 2 is 1.38 bits per heavy atom. The Morgan fingerprint density at radius 1 is 0.912 bits per heavy atom. The number of rotatable bonds is 8. The Bertz CT molecular complexity index is 1220. The summed E-state index contributed by atoms with van der Waals surface area (Å²) >= 11 is 0. The lowest BCUT2D eigenvalue weighted by atomic mass is 10.1. The summed E-state index contributed by atoms with van der Waals surface area (Å²) in [7, 11) is -3.91. The number of nitrogens with zero attached hydrogens (tertiary/aromatic N) is 10. The zero-order valence-corrected chi connectivity index (χ0v) is 21.1. The molecule has 0 atom stereocenters. The van der Waals surface area contributed by atoms with Crippen LogP contribution in [-0.4, -0.2) is 42.7 Å². The van der Waals surface area contributed by atoms with Crippen LogP contribution in [0.1, 0.15) is 58.5 Å². The van der Waals surface area contributed by atoms with Crippen LogP contribution in [0.2, 0.25) is 0 Å². The van der Waals surface area contributed by atoms with E-state index in [9.17, 15) is 8.42 Å². The van der Waals surface area contributed by atoms with Gasteiger partial charge in [0.05, 0.1) is 59.4 Å². The van der Waals surface area contributed by atoms with Crippen LogP contribution in [0, 0.1) is 0 Å². The predicted molar refractivity (Wildman–Crippen MR) is 126 cm³/mol. The third kappa shape index (κ3) is 5.99. The van der Waals surface area contributed by atoms with Crippen LogP contribution < -0.4 is 0 Å². The molecule has 0 amide bonds. The normalized spacial score (nSPS) is 12.7. The Hall–Kier alpha value is -3.28. The van der Waals surface area contributed by atoms with Gasteiger partial charge >= 0.3 is 0 Å². The monoisotopic (exact) mass is 486 g/mol. The lowest BCUT2D eigenvalue weighted by molar-refractivity contribution is 0.346. The van der Waals surface area contributed by atoms with Gasteiger partial charge < -0.3 is 0 Å². The van der Waals surface area contributed by atoms with Crippen LogP contribution >= 0.6 is 0 Å². The number of hydrogen-bond donors (Lipinski definition) is 0. The van der Waals surface area contributed by atoms with Gasteiger partial charge in [-0.1, -0.05) is 27.7 Å². The molecule has 0 aliphatic heterocycles. The van der Waals surface area contributed by atoms with Crippen molar-refractivity contribution in [3.63, 3.8) is 0 Å². The average molecular weight is 487 g/mol. The molecule has 2 aromatic heterocycles. The number of hydrogen-bond acceptors (Lipinski definition) is 7. The summed E-state index contributed by atoms with van der Waals surface area (Å²) in [5.74, 6) is 0. The fourth-order valence-corrected chi connectivity index (χ4v) is 4.40. The topological polar surface area (TPSA) is 148 Å². The molecule has 1 aromatic carbocycles. The van der Waals surface area contributed by atoms with E-state index in [2.05, 4.69) is 30.7 Å². The first-order chi connectivity index (χ1) is 15.8. The van der Waals surface area contributed by atoms with E-state index in [0.717, 1.165) is 0 Å². The first-order valence-corrected chi connectivity index (χ1v) is 12.2. The van der Waals surface area contributed by atoms with Crippen molar-refractivity contribution in [1.82, 2.24) is 34.3 Å². The van der Waals surface area contributed by atoms with Crippen molar-refractivity contribution in [1.29, 1.82) is 0 Å². The first kappa shape index (κ1) is 25.3. The van der Waals surface area contributed by atoms with Gasteiger partial charge in [0.25, 0.3) is 0 Å². The zero-order chi connectivity index (χ0) is 25.1. The molecule has 0 spiro atoms. The fraction of sp³-hybridized carbons (Fsp3) is 0.524. The van der Waals surface area contributed by atoms with Gasteiger partial charge in [-0.2, -0.15) is 4.31 Å². The fourth-order valence-electron chi connectivity index (χ4n) is 3.01. The van der Waals surface area contributed by atoms with E-state index in [1.165, 1.54) is 16.4 Å². The maximum Gasteiger partial charge on any atom is 0.243 e. The number of azide groups is 1. The molecule has 3 aromatic rings. The molecule has 0 aliphatic rings. The van der Waals surface area contributed by atoms with Gasteiger partial charge in [-0.3, -0.25) is 0 Å². The van der Waals surface area contributed by atoms with Gasteiger partial charge in [-0.25, -0.2) is 17.8 Å². The van der Waals surface area contributed by atoms with E-state index in [4.69, 9.17) is 5.53 Å². The second-order valence-corrected chi connectivity index (χ2v) is 11.9. The molecule has 0 N–H and O–H groups in total. The summed E-state index contributed by atoms with van der Waals surface area (Å²) in [4.78, 5) is 2.85. The summed E-state index contributed by atoms with van der Waals surface area (Å²) in [6, 6.07) is 6.27. The number of aromatic nitrogens is 6. The number of benzene rings is 1. The maximum atomic E-state index is 13.6. The third-order valence-electron chi connectivity index (χ3n) is 5.01. The highest BCUT2D eigenvalue weighted by Gasteiger charge is 2.28. The summed E-state index contributed by atoms with van der Waals surface area (Å²) < 4.78 is 31.9. The molecule has 0 saturated heterocycles. The molecule has 0 unspecified atom stereocenters. The van der Waals surface area contributed by atoms with E-state index in [-0.39, 0.29) is 35.6 Å². The highest BCUT2D eigenvalue weighted by Crippen LogP contribution is 2.22. The van der Waals surface area contributed by atoms with E-state index in [0.29, 0.717) is 17.0 Å². The van der Waals surface area contributed by atoms with Gasteiger partial charge in [0.15, 0.2) is 0 Å². The van der Waals surface area contributed by atoms with Crippen LogP contribution in [-0.2, 0) is 40.7 Å². The van der Waals surface area contributed by atoms with Crippen molar-refractivity contribution in [3.05, 3.63) is 64.1 Å². The van der Waals surface area contributed by atoms with Gasteiger partial charge in [-0.05, 0) is 64.8 Å². The minimum atomic E-state index is -3.91. The minimum absolute atomic E-state index is 0.0151. The molecule has 182 valence electrons. The zero-order valence-electron chi connectivity index (χ0n) is 20.3. The molecule has 2 heterocycles. The van der Waals surface area contributed by atoms with E-state index in [1.807, 2.05) is 41.5 Å². The molecular weight excluding hydrogens is 456 g/mol. The van der Waals surface area contributed by atoms with Gasteiger partial charge in [0, 0.05) is 4.91 Å². The van der Waals surface area contributed by atoms with E-state index in [1.54, 1.807) is 33.9 Å². The lowest BCUT2D eigenvalue weighted by Gasteiger charge is -2.21. The minimum Gasteiger partial charge on any atom is -0.247 e. The number of sulfonamides is 1.